The molecule has 0 saturated heterocycles. The number of methoxy groups -OCH3 is 1. The first-order chi connectivity index (χ1) is 13.1. The Labute approximate surface area is 168 Å². The number of hydrogen-bond donors (Lipinski definition) is 1. The number of anilines is 1. The molecule has 0 radical (unpaired) electrons. The fraction of sp³-hybridized carbons (Fsp3) is 0.636. The Morgan fingerprint density at radius 1 is 1.14 bits per heavy atom. The predicted octanol–water partition coefficient (Wildman–Crippen LogP) is 4.68. The fourth-order valence-corrected chi connectivity index (χ4v) is 2.85. The van der Waals surface area contributed by atoms with E-state index in [1.54, 1.807) is 25.1 Å². The molecular weight excluding hydrogens is 358 g/mol. The molecule has 1 atom stereocenters. The van der Waals surface area contributed by atoms with Crippen LogP contribution in [-0.2, 0) is 14.3 Å². The van der Waals surface area contributed by atoms with Crippen LogP contribution in [0.3, 0.4) is 0 Å². The van der Waals surface area contributed by atoms with Crippen LogP contribution >= 0.6 is 0 Å². The van der Waals surface area contributed by atoms with Gasteiger partial charge in [0.05, 0.1) is 13.7 Å². The molecule has 1 rings (SSSR count). The lowest BCUT2D eigenvalue weighted by Crippen LogP contribution is -2.44. The highest BCUT2D eigenvalue weighted by molar-refractivity contribution is 5.99. The van der Waals surface area contributed by atoms with E-state index in [0.29, 0.717) is 42.9 Å². The Bertz CT molecular complexity index is 656. The van der Waals surface area contributed by atoms with Gasteiger partial charge >= 0.3 is 5.97 Å². The van der Waals surface area contributed by atoms with Crippen molar-refractivity contribution < 1.29 is 23.8 Å². The van der Waals surface area contributed by atoms with Crippen molar-refractivity contribution in [3.05, 3.63) is 23.8 Å². The van der Waals surface area contributed by atoms with Gasteiger partial charge in [-0.15, -0.1) is 0 Å². The first kappa shape index (κ1) is 24.0. The van der Waals surface area contributed by atoms with Crippen molar-refractivity contribution >= 4 is 17.6 Å². The summed E-state index contributed by atoms with van der Waals surface area (Å²) in [5, 5.41) is 2.88. The van der Waals surface area contributed by atoms with E-state index in [9.17, 15) is 9.59 Å². The van der Waals surface area contributed by atoms with Crippen LogP contribution in [0.1, 0.15) is 64.7 Å². The molecule has 0 saturated carbocycles. The van der Waals surface area contributed by atoms with Gasteiger partial charge in [-0.1, -0.05) is 34.6 Å². The number of benzene rings is 1. The maximum absolute atomic E-state index is 12.9. The molecule has 0 fully saturated rings. The number of nitrogens with one attached hydrogen (secondary N) is 1. The number of carbonyl (C=O) groups excluding carboxylic acids is 2. The molecule has 1 aromatic rings. The molecule has 1 aromatic carbocycles. The van der Waals surface area contributed by atoms with Crippen molar-refractivity contribution in [2.24, 2.45) is 11.8 Å². The van der Waals surface area contributed by atoms with Crippen molar-refractivity contribution in [3.63, 3.8) is 0 Å². The molecule has 158 valence electrons. The van der Waals surface area contributed by atoms with Gasteiger partial charge in [0.2, 0.25) is 0 Å². The number of amides is 1. The van der Waals surface area contributed by atoms with Crippen molar-refractivity contribution in [1.29, 1.82) is 0 Å². The third kappa shape index (κ3) is 7.15. The van der Waals surface area contributed by atoms with E-state index in [4.69, 9.17) is 14.2 Å². The van der Waals surface area contributed by atoms with Crippen LogP contribution in [0.15, 0.2) is 18.2 Å². The number of ether oxygens (including phenoxy) is 3. The summed E-state index contributed by atoms with van der Waals surface area (Å²) in [6.07, 6.45) is 1.42. The number of esters is 1. The third-order valence-corrected chi connectivity index (χ3v) is 4.12. The Hall–Kier alpha value is -2.08. The standard InChI is InChI=1S/C22H35NO5/c1-8-11-28-22(6,13-15(2)3)21(25)23-17-9-10-19(27-14-16(4)5)18(12-17)20(24)26-7/h9-10,12,15-16H,8,11,13-14H2,1-7H3,(H,23,25)/t22-/m1/s1. The molecule has 0 unspecified atom stereocenters. The van der Waals surface area contributed by atoms with Gasteiger partial charge in [0, 0.05) is 12.3 Å². The SMILES string of the molecule is CCCO[C@](C)(CC(C)C)C(=O)Nc1ccc(OCC(C)C)c(C(=O)OC)c1. The lowest BCUT2D eigenvalue weighted by atomic mass is 9.93. The Morgan fingerprint density at radius 3 is 2.36 bits per heavy atom. The van der Waals surface area contributed by atoms with Crippen molar-refractivity contribution in [2.75, 3.05) is 25.6 Å². The summed E-state index contributed by atoms with van der Waals surface area (Å²) in [5.41, 5.74) is -0.166. The molecule has 0 aliphatic heterocycles. The minimum Gasteiger partial charge on any atom is -0.492 e. The van der Waals surface area contributed by atoms with E-state index < -0.39 is 11.6 Å². The molecule has 0 spiro atoms. The molecule has 0 aliphatic rings. The predicted molar refractivity (Wildman–Crippen MR) is 111 cm³/mol. The molecule has 0 aliphatic carbocycles. The lowest BCUT2D eigenvalue weighted by molar-refractivity contribution is -0.141. The highest BCUT2D eigenvalue weighted by Crippen LogP contribution is 2.27. The van der Waals surface area contributed by atoms with Gasteiger partial charge in [-0.2, -0.15) is 0 Å². The Morgan fingerprint density at radius 2 is 1.82 bits per heavy atom. The molecule has 6 nitrogen and oxygen atoms in total. The highest BCUT2D eigenvalue weighted by Gasteiger charge is 2.35. The first-order valence-electron chi connectivity index (χ1n) is 9.93. The molecule has 0 heterocycles. The summed E-state index contributed by atoms with van der Waals surface area (Å²) in [6.45, 7) is 13.0. The minimum atomic E-state index is -0.942. The van der Waals surface area contributed by atoms with Crippen LogP contribution in [0.2, 0.25) is 0 Å². The Balaban J connectivity index is 3.08. The minimum absolute atomic E-state index is 0.235. The second kappa shape index (κ2) is 11.1. The van der Waals surface area contributed by atoms with Crippen LogP contribution in [-0.4, -0.2) is 37.8 Å². The second-order valence-corrected chi connectivity index (χ2v) is 8.04. The van der Waals surface area contributed by atoms with E-state index in [1.165, 1.54) is 7.11 Å². The number of rotatable bonds is 11. The van der Waals surface area contributed by atoms with Crippen molar-refractivity contribution in [1.82, 2.24) is 0 Å². The monoisotopic (exact) mass is 393 g/mol. The zero-order valence-electron chi connectivity index (χ0n) is 18.3. The van der Waals surface area contributed by atoms with Gasteiger partial charge in [-0.05, 0) is 49.8 Å². The first-order valence-corrected chi connectivity index (χ1v) is 9.93. The van der Waals surface area contributed by atoms with Gasteiger partial charge in [0.15, 0.2) is 0 Å². The molecule has 6 heteroatoms. The molecule has 28 heavy (non-hydrogen) atoms. The van der Waals surface area contributed by atoms with Gasteiger partial charge in [0.1, 0.15) is 16.9 Å². The lowest BCUT2D eigenvalue weighted by Gasteiger charge is -2.30. The maximum Gasteiger partial charge on any atom is 0.341 e. The topological polar surface area (TPSA) is 73.9 Å². The van der Waals surface area contributed by atoms with Gasteiger partial charge in [-0.3, -0.25) is 4.79 Å². The van der Waals surface area contributed by atoms with Crippen LogP contribution in [0.4, 0.5) is 5.69 Å². The zero-order valence-corrected chi connectivity index (χ0v) is 18.3. The number of carbonyl (C=O) groups is 2. The van der Waals surface area contributed by atoms with E-state index >= 15 is 0 Å². The fourth-order valence-electron chi connectivity index (χ4n) is 2.85. The summed E-state index contributed by atoms with van der Waals surface area (Å²) in [4.78, 5) is 25.1. The smallest absolute Gasteiger partial charge is 0.341 e. The maximum atomic E-state index is 12.9. The van der Waals surface area contributed by atoms with Gasteiger partial charge in [0.25, 0.3) is 5.91 Å². The zero-order chi connectivity index (χ0) is 21.3. The molecule has 0 aromatic heterocycles. The Kier molecular flexibility index (Phi) is 9.46. The van der Waals surface area contributed by atoms with Crippen LogP contribution in [0.5, 0.6) is 5.75 Å². The van der Waals surface area contributed by atoms with Crippen LogP contribution < -0.4 is 10.1 Å². The molecule has 0 bridgehead atoms. The quantitative estimate of drug-likeness (QED) is 0.553. The van der Waals surface area contributed by atoms with E-state index in [2.05, 4.69) is 19.2 Å². The summed E-state index contributed by atoms with van der Waals surface area (Å²) in [6, 6.07) is 4.97. The van der Waals surface area contributed by atoms with E-state index in [1.807, 2.05) is 20.8 Å². The largest absolute Gasteiger partial charge is 0.492 e. The average molecular weight is 394 g/mol. The molecule has 1 amide bonds. The van der Waals surface area contributed by atoms with Crippen LogP contribution in [0.25, 0.3) is 0 Å². The normalized spacial score (nSPS) is 13.3. The summed E-state index contributed by atoms with van der Waals surface area (Å²) >= 11 is 0. The third-order valence-electron chi connectivity index (χ3n) is 4.12. The van der Waals surface area contributed by atoms with Gasteiger partial charge < -0.3 is 19.5 Å². The van der Waals surface area contributed by atoms with E-state index in [0.717, 1.165) is 6.42 Å². The summed E-state index contributed by atoms with van der Waals surface area (Å²) in [7, 11) is 1.32. The molecule has 1 N–H and O–H groups in total. The van der Waals surface area contributed by atoms with E-state index in [-0.39, 0.29) is 11.5 Å². The number of hydrogen-bond acceptors (Lipinski definition) is 5. The summed E-state index contributed by atoms with van der Waals surface area (Å²) < 4.78 is 16.5. The second-order valence-electron chi connectivity index (χ2n) is 8.04. The van der Waals surface area contributed by atoms with Crippen LogP contribution in [0, 0.1) is 11.8 Å². The molecular formula is C22H35NO5. The average Bonchev–Trinajstić information content (AvgIpc) is 2.63. The van der Waals surface area contributed by atoms with Gasteiger partial charge in [-0.25, -0.2) is 4.79 Å². The highest BCUT2D eigenvalue weighted by atomic mass is 16.5. The van der Waals surface area contributed by atoms with Crippen molar-refractivity contribution in [2.45, 2.75) is 60.0 Å². The summed E-state index contributed by atoms with van der Waals surface area (Å²) in [5.74, 6) is 0.302. The van der Waals surface area contributed by atoms with Crippen molar-refractivity contribution in [3.8, 4) is 5.75 Å².